The van der Waals surface area contributed by atoms with Crippen LogP contribution in [0.1, 0.15) is 15.9 Å². The molecule has 0 saturated carbocycles. The molecule has 2 aromatic carbocycles. The Hall–Kier alpha value is -3.13. The summed E-state index contributed by atoms with van der Waals surface area (Å²) in [6, 6.07) is 11.0. The zero-order chi connectivity index (χ0) is 17.8. The second-order valence-corrected chi connectivity index (χ2v) is 5.96. The van der Waals surface area contributed by atoms with Gasteiger partial charge in [0.05, 0.1) is 30.7 Å². The quantitative estimate of drug-likeness (QED) is 0.518. The van der Waals surface area contributed by atoms with Gasteiger partial charge in [-0.3, -0.25) is 5.43 Å². The molecule has 2 N–H and O–H groups in total. The Morgan fingerprint density at radius 2 is 2.04 bits per heavy atom. The molecule has 0 radical (unpaired) electrons. The van der Waals surface area contributed by atoms with Crippen LogP contribution in [0.3, 0.4) is 0 Å². The van der Waals surface area contributed by atoms with E-state index in [9.17, 15) is 9.90 Å². The van der Waals surface area contributed by atoms with E-state index >= 15 is 0 Å². The number of nitrogens with zero attached hydrogens (tertiary/aromatic N) is 2. The molecule has 0 unspecified atom stereocenters. The number of hydrogen-bond acceptors (Lipinski definition) is 7. The molecule has 0 atom stereocenters. The molecule has 1 heterocycles. The number of hydrazone groups is 1. The van der Waals surface area contributed by atoms with Gasteiger partial charge in [0.15, 0.2) is 11.5 Å². The molecule has 7 nitrogen and oxygen atoms in total. The monoisotopic (exact) mass is 357 g/mol. The van der Waals surface area contributed by atoms with Crippen LogP contribution in [-0.2, 0) is 0 Å². The lowest BCUT2D eigenvalue weighted by molar-refractivity contribution is 0.0692. The van der Waals surface area contributed by atoms with E-state index < -0.39 is 5.97 Å². The summed E-state index contributed by atoms with van der Waals surface area (Å²) in [6.45, 7) is 0. The average molecular weight is 357 g/mol. The molecule has 0 bridgehead atoms. The number of aromatic carboxylic acids is 1. The minimum atomic E-state index is -1.13. The van der Waals surface area contributed by atoms with Crippen LogP contribution in [-0.4, -0.2) is 36.5 Å². The SMILES string of the molecule is COc1ccc(/C=N\Nc2nc3ccccc3s2)c(C(=O)O)c1OC. The van der Waals surface area contributed by atoms with Gasteiger partial charge in [-0.05, 0) is 24.3 Å². The van der Waals surface area contributed by atoms with Gasteiger partial charge < -0.3 is 14.6 Å². The van der Waals surface area contributed by atoms with Crippen molar-refractivity contribution in [2.45, 2.75) is 0 Å². The van der Waals surface area contributed by atoms with Gasteiger partial charge in [-0.15, -0.1) is 0 Å². The summed E-state index contributed by atoms with van der Waals surface area (Å²) in [6.07, 6.45) is 1.41. The largest absolute Gasteiger partial charge is 0.493 e. The van der Waals surface area contributed by atoms with Crippen LogP contribution >= 0.6 is 11.3 Å². The Bertz CT molecular complexity index is 919. The van der Waals surface area contributed by atoms with E-state index in [0.717, 1.165) is 10.2 Å². The van der Waals surface area contributed by atoms with Crippen LogP contribution in [0.15, 0.2) is 41.5 Å². The molecule has 0 spiro atoms. The van der Waals surface area contributed by atoms with Crippen molar-refractivity contribution in [3.63, 3.8) is 0 Å². The normalized spacial score (nSPS) is 11.0. The van der Waals surface area contributed by atoms with Gasteiger partial charge in [-0.1, -0.05) is 23.5 Å². The van der Waals surface area contributed by atoms with Gasteiger partial charge in [-0.25, -0.2) is 9.78 Å². The van der Waals surface area contributed by atoms with E-state index in [2.05, 4.69) is 15.5 Å². The number of anilines is 1. The lowest BCUT2D eigenvalue weighted by Gasteiger charge is -2.12. The summed E-state index contributed by atoms with van der Waals surface area (Å²) in [5, 5.41) is 14.2. The van der Waals surface area contributed by atoms with Crippen molar-refractivity contribution in [3.8, 4) is 11.5 Å². The molecule has 0 fully saturated rings. The number of hydrogen-bond donors (Lipinski definition) is 2. The highest BCUT2D eigenvalue weighted by Gasteiger charge is 2.20. The standard InChI is InChI=1S/C17H15N3O4S/c1-23-12-8-7-10(14(16(21)22)15(12)24-2)9-18-20-17-19-11-5-3-4-6-13(11)25-17/h3-9H,1-2H3,(H,19,20)(H,21,22)/b18-9-. The van der Waals surface area contributed by atoms with Gasteiger partial charge in [0, 0.05) is 5.56 Å². The fourth-order valence-corrected chi connectivity index (χ4v) is 3.16. The molecule has 8 heteroatoms. The summed E-state index contributed by atoms with van der Waals surface area (Å²) in [4.78, 5) is 16.0. The highest BCUT2D eigenvalue weighted by molar-refractivity contribution is 7.22. The second-order valence-electron chi connectivity index (χ2n) is 4.93. The molecule has 0 aliphatic carbocycles. The number of carboxylic acid groups (broad SMARTS) is 1. The van der Waals surface area contributed by atoms with Crippen LogP contribution in [0.4, 0.5) is 5.13 Å². The third-order valence-electron chi connectivity index (χ3n) is 3.45. The van der Waals surface area contributed by atoms with E-state index in [1.54, 1.807) is 12.1 Å². The zero-order valence-electron chi connectivity index (χ0n) is 13.5. The molecule has 128 valence electrons. The van der Waals surface area contributed by atoms with Crippen LogP contribution in [0.5, 0.6) is 11.5 Å². The highest BCUT2D eigenvalue weighted by Crippen LogP contribution is 2.33. The van der Waals surface area contributed by atoms with E-state index in [4.69, 9.17) is 9.47 Å². The average Bonchev–Trinajstić information content (AvgIpc) is 3.03. The highest BCUT2D eigenvalue weighted by atomic mass is 32.1. The van der Waals surface area contributed by atoms with Gasteiger partial charge in [-0.2, -0.15) is 5.10 Å². The van der Waals surface area contributed by atoms with E-state index in [-0.39, 0.29) is 11.3 Å². The maximum absolute atomic E-state index is 11.6. The van der Waals surface area contributed by atoms with Crippen LogP contribution in [0, 0.1) is 0 Å². The second kappa shape index (κ2) is 7.18. The molecular formula is C17H15N3O4S. The molecule has 1 aromatic heterocycles. The summed E-state index contributed by atoms with van der Waals surface area (Å²) in [7, 11) is 2.84. The first-order chi connectivity index (χ1) is 12.1. The molecule has 25 heavy (non-hydrogen) atoms. The Labute approximate surface area is 147 Å². The number of nitrogens with one attached hydrogen (secondary N) is 1. The van der Waals surface area contributed by atoms with E-state index in [1.807, 2.05) is 24.3 Å². The number of fused-ring (bicyclic) bond motifs is 1. The zero-order valence-corrected chi connectivity index (χ0v) is 14.3. The van der Waals surface area contributed by atoms with Crippen LogP contribution < -0.4 is 14.9 Å². The lowest BCUT2D eigenvalue weighted by Crippen LogP contribution is -2.07. The molecule has 0 amide bonds. The van der Waals surface area contributed by atoms with Crippen molar-refractivity contribution in [1.82, 2.24) is 4.98 Å². The number of benzene rings is 2. The topological polar surface area (TPSA) is 93.0 Å². The lowest BCUT2D eigenvalue weighted by atomic mass is 10.1. The summed E-state index contributed by atoms with van der Waals surface area (Å²) < 4.78 is 11.3. The van der Waals surface area contributed by atoms with Crippen molar-refractivity contribution >= 4 is 38.9 Å². The Balaban J connectivity index is 1.88. The molecule has 0 aliphatic heterocycles. The fourth-order valence-electron chi connectivity index (χ4n) is 2.35. The first kappa shape index (κ1) is 16.7. The number of methoxy groups -OCH3 is 2. The number of para-hydroxylation sites is 1. The number of carbonyl (C=O) groups is 1. The fraction of sp³-hybridized carbons (Fsp3) is 0.118. The Morgan fingerprint density at radius 1 is 1.24 bits per heavy atom. The van der Waals surface area contributed by atoms with Gasteiger partial charge in [0.2, 0.25) is 5.13 Å². The van der Waals surface area contributed by atoms with Crippen molar-refractivity contribution < 1.29 is 19.4 Å². The van der Waals surface area contributed by atoms with Gasteiger partial charge >= 0.3 is 5.97 Å². The number of carboxylic acids is 1. The van der Waals surface area contributed by atoms with E-state index in [0.29, 0.717) is 16.4 Å². The number of thiazole rings is 1. The van der Waals surface area contributed by atoms with Gasteiger partial charge in [0.1, 0.15) is 5.56 Å². The van der Waals surface area contributed by atoms with Crippen LogP contribution in [0.25, 0.3) is 10.2 Å². The minimum absolute atomic E-state index is 0.0169. The smallest absolute Gasteiger partial charge is 0.340 e. The molecule has 0 saturated heterocycles. The minimum Gasteiger partial charge on any atom is -0.493 e. The Kier molecular flexibility index (Phi) is 4.80. The van der Waals surface area contributed by atoms with Crippen molar-refractivity contribution in [2.24, 2.45) is 5.10 Å². The van der Waals surface area contributed by atoms with Gasteiger partial charge in [0.25, 0.3) is 0 Å². The van der Waals surface area contributed by atoms with Crippen LogP contribution in [0.2, 0.25) is 0 Å². The Morgan fingerprint density at radius 3 is 2.72 bits per heavy atom. The number of rotatable bonds is 6. The maximum atomic E-state index is 11.6. The molecule has 3 aromatic rings. The van der Waals surface area contributed by atoms with Crippen molar-refractivity contribution in [1.29, 1.82) is 0 Å². The first-order valence-electron chi connectivity index (χ1n) is 7.27. The summed E-state index contributed by atoms with van der Waals surface area (Å²) in [5.41, 5.74) is 4.07. The molecule has 0 aliphatic rings. The maximum Gasteiger partial charge on any atom is 0.340 e. The van der Waals surface area contributed by atoms with E-state index in [1.165, 1.54) is 31.8 Å². The van der Waals surface area contributed by atoms with Crippen molar-refractivity contribution in [2.75, 3.05) is 19.6 Å². The summed E-state index contributed by atoms with van der Waals surface area (Å²) in [5.74, 6) is -0.632. The number of ether oxygens (including phenoxy) is 2. The molecule has 3 rings (SSSR count). The van der Waals surface area contributed by atoms with Crippen molar-refractivity contribution in [3.05, 3.63) is 47.5 Å². The number of aromatic nitrogens is 1. The third kappa shape index (κ3) is 3.38. The predicted octanol–water partition coefficient (Wildman–Crippen LogP) is 3.46. The molecular weight excluding hydrogens is 342 g/mol. The predicted molar refractivity (Wildman–Crippen MR) is 97.3 cm³/mol. The summed E-state index contributed by atoms with van der Waals surface area (Å²) >= 11 is 1.46. The first-order valence-corrected chi connectivity index (χ1v) is 8.08. The third-order valence-corrected chi connectivity index (χ3v) is 4.39.